The fraction of sp³-hybridized carbons (Fsp3) is 0.412. The van der Waals surface area contributed by atoms with E-state index in [1.165, 1.54) is 31.3 Å². The lowest BCUT2D eigenvalue weighted by atomic mass is 9.95. The van der Waals surface area contributed by atoms with Crippen LogP contribution in [0.15, 0.2) is 77.7 Å². The SMILES string of the molecule is CC[C@H](C(=O)NC1CCCCC1)N(Cc1ccccc1C)C(=O)CN(c1ccccc1OC)S(=O)(=O)c1ccc(OC)cc1. The van der Waals surface area contributed by atoms with Gasteiger partial charge in [-0.15, -0.1) is 0 Å². The van der Waals surface area contributed by atoms with E-state index in [4.69, 9.17) is 9.47 Å². The van der Waals surface area contributed by atoms with Gasteiger partial charge in [0.15, 0.2) is 0 Å². The van der Waals surface area contributed by atoms with Crippen LogP contribution >= 0.6 is 0 Å². The second-order valence-corrected chi connectivity index (χ2v) is 12.9. The molecule has 3 aromatic carbocycles. The number of ether oxygens (including phenoxy) is 2. The molecule has 4 rings (SSSR count). The highest BCUT2D eigenvalue weighted by atomic mass is 32.2. The molecular weight excluding hydrogens is 578 g/mol. The fourth-order valence-electron chi connectivity index (χ4n) is 5.66. The largest absolute Gasteiger partial charge is 0.497 e. The van der Waals surface area contributed by atoms with Gasteiger partial charge in [-0.05, 0) is 73.7 Å². The quantitative estimate of drug-likeness (QED) is 0.272. The Bertz CT molecular complexity index is 1520. The minimum atomic E-state index is -4.25. The van der Waals surface area contributed by atoms with Crippen LogP contribution in [0.1, 0.15) is 56.6 Å². The van der Waals surface area contributed by atoms with Crippen LogP contribution in [0.2, 0.25) is 0 Å². The molecule has 0 aliphatic heterocycles. The molecule has 1 fully saturated rings. The molecular formula is C34H43N3O6S. The van der Waals surface area contributed by atoms with Crippen molar-refractivity contribution in [2.24, 2.45) is 0 Å². The molecule has 0 spiro atoms. The number of hydrogen-bond acceptors (Lipinski definition) is 6. The van der Waals surface area contributed by atoms with Gasteiger partial charge in [0.2, 0.25) is 11.8 Å². The van der Waals surface area contributed by atoms with Gasteiger partial charge in [0, 0.05) is 12.6 Å². The Morgan fingerprint density at radius 1 is 0.909 bits per heavy atom. The maximum atomic E-state index is 14.4. The zero-order chi connectivity index (χ0) is 31.7. The first-order valence-electron chi connectivity index (χ1n) is 15.1. The van der Waals surface area contributed by atoms with Crippen LogP contribution in [0, 0.1) is 6.92 Å². The molecule has 0 bridgehead atoms. The van der Waals surface area contributed by atoms with Crippen LogP contribution in [0.3, 0.4) is 0 Å². The summed E-state index contributed by atoms with van der Waals surface area (Å²) in [5.41, 5.74) is 2.07. The summed E-state index contributed by atoms with van der Waals surface area (Å²) in [7, 11) is -1.30. The highest BCUT2D eigenvalue weighted by molar-refractivity contribution is 7.92. The third-order valence-corrected chi connectivity index (χ3v) is 9.99. The van der Waals surface area contributed by atoms with Crippen molar-refractivity contribution in [1.29, 1.82) is 0 Å². The number of carbonyl (C=O) groups excluding carboxylic acids is 2. The summed E-state index contributed by atoms with van der Waals surface area (Å²) in [6, 6.07) is 19.7. The molecule has 0 saturated heterocycles. The van der Waals surface area contributed by atoms with Gasteiger partial charge in [-0.3, -0.25) is 13.9 Å². The summed E-state index contributed by atoms with van der Waals surface area (Å²) in [6.07, 6.45) is 5.47. The third kappa shape index (κ3) is 7.72. The van der Waals surface area contributed by atoms with Gasteiger partial charge in [0.25, 0.3) is 10.0 Å². The predicted octanol–water partition coefficient (Wildman–Crippen LogP) is 5.46. The van der Waals surface area contributed by atoms with Gasteiger partial charge in [-0.2, -0.15) is 0 Å². The summed E-state index contributed by atoms with van der Waals surface area (Å²) < 4.78 is 40.2. The number of nitrogens with zero attached hydrogens (tertiary/aromatic N) is 2. The first-order valence-corrected chi connectivity index (χ1v) is 16.6. The van der Waals surface area contributed by atoms with E-state index >= 15 is 0 Å². The van der Waals surface area contributed by atoms with Crippen molar-refractivity contribution in [3.05, 3.63) is 83.9 Å². The number of amides is 2. The van der Waals surface area contributed by atoms with Crippen LogP contribution in [0.25, 0.3) is 0 Å². The molecule has 44 heavy (non-hydrogen) atoms. The molecule has 1 atom stereocenters. The van der Waals surface area contributed by atoms with Gasteiger partial charge < -0.3 is 19.7 Å². The van der Waals surface area contributed by atoms with Crippen LogP contribution in [-0.2, 0) is 26.2 Å². The van der Waals surface area contributed by atoms with Crippen molar-refractivity contribution >= 4 is 27.5 Å². The molecule has 0 heterocycles. The lowest BCUT2D eigenvalue weighted by Gasteiger charge is -2.35. The highest BCUT2D eigenvalue weighted by Gasteiger charge is 2.35. The van der Waals surface area contributed by atoms with Crippen molar-refractivity contribution < 1.29 is 27.5 Å². The average molecular weight is 622 g/mol. The molecule has 0 aromatic heterocycles. The molecule has 0 unspecified atom stereocenters. The maximum absolute atomic E-state index is 14.4. The first-order chi connectivity index (χ1) is 21.2. The Hall–Kier alpha value is -4.05. The number of rotatable bonds is 13. The Morgan fingerprint density at radius 3 is 2.20 bits per heavy atom. The van der Waals surface area contributed by atoms with Crippen molar-refractivity contribution in [1.82, 2.24) is 10.2 Å². The third-order valence-electron chi connectivity index (χ3n) is 8.22. The van der Waals surface area contributed by atoms with E-state index in [0.717, 1.165) is 47.5 Å². The smallest absolute Gasteiger partial charge is 0.264 e. The fourth-order valence-corrected chi connectivity index (χ4v) is 7.08. The van der Waals surface area contributed by atoms with Crippen LogP contribution < -0.4 is 19.1 Å². The molecule has 1 aliphatic rings. The Balaban J connectivity index is 1.74. The molecule has 9 nitrogen and oxygen atoms in total. The summed E-state index contributed by atoms with van der Waals surface area (Å²) in [5, 5.41) is 3.18. The number of para-hydroxylation sites is 2. The van der Waals surface area contributed by atoms with E-state index in [1.807, 2.05) is 38.1 Å². The standard InChI is InChI=1S/C34H43N3O6S/c1-5-30(34(39)35-27-15-7-6-8-16-27)36(23-26-14-10-9-13-25(26)2)33(38)24-37(31-17-11-12-18-32(31)43-4)44(40,41)29-21-19-28(42-3)20-22-29/h9-14,17-22,27,30H,5-8,15-16,23-24H2,1-4H3,(H,35,39)/t30-/m1/s1. The number of carbonyl (C=O) groups is 2. The monoisotopic (exact) mass is 621 g/mol. The minimum absolute atomic E-state index is 0.00968. The average Bonchev–Trinajstić information content (AvgIpc) is 3.04. The van der Waals surface area contributed by atoms with E-state index in [2.05, 4.69) is 5.32 Å². The van der Waals surface area contributed by atoms with Crippen LogP contribution in [0.4, 0.5) is 5.69 Å². The summed E-state index contributed by atoms with van der Waals surface area (Å²) >= 11 is 0. The van der Waals surface area contributed by atoms with E-state index in [0.29, 0.717) is 17.9 Å². The second-order valence-electron chi connectivity index (χ2n) is 11.1. The number of methoxy groups -OCH3 is 2. The van der Waals surface area contributed by atoms with Crippen molar-refractivity contribution in [2.45, 2.75) is 75.9 Å². The molecule has 1 N–H and O–H groups in total. The number of nitrogens with one attached hydrogen (secondary N) is 1. The maximum Gasteiger partial charge on any atom is 0.264 e. The zero-order valence-corrected chi connectivity index (χ0v) is 26.8. The van der Waals surface area contributed by atoms with Crippen LogP contribution in [-0.4, -0.2) is 58.0 Å². The number of anilines is 1. The van der Waals surface area contributed by atoms with E-state index in [9.17, 15) is 18.0 Å². The van der Waals surface area contributed by atoms with Gasteiger partial charge in [-0.25, -0.2) is 8.42 Å². The van der Waals surface area contributed by atoms with Gasteiger partial charge in [0.05, 0.1) is 24.8 Å². The zero-order valence-electron chi connectivity index (χ0n) is 26.0. The Kier molecular flexibility index (Phi) is 11.3. The first kappa shape index (κ1) is 32.9. The van der Waals surface area contributed by atoms with E-state index < -0.39 is 28.5 Å². The highest BCUT2D eigenvalue weighted by Crippen LogP contribution is 2.33. The molecule has 3 aromatic rings. The topological polar surface area (TPSA) is 105 Å². The van der Waals surface area contributed by atoms with Gasteiger partial charge >= 0.3 is 0 Å². The predicted molar refractivity (Wildman–Crippen MR) is 171 cm³/mol. The molecule has 0 radical (unpaired) electrons. The molecule has 2 amide bonds. The lowest BCUT2D eigenvalue weighted by Crippen LogP contribution is -2.54. The molecule has 236 valence electrons. The summed E-state index contributed by atoms with van der Waals surface area (Å²) in [5.74, 6) is 0.0815. The molecule has 1 saturated carbocycles. The lowest BCUT2D eigenvalue weighted by molar-refractivity contribution is -0.140. The summed E-state index contributed by atoms with van der Waals surface area (Å²) in [4.78, 5) is 29.6. The summed E-state index contributed by atoms with van der Waals surface area (Å²) in [6.45, 7) is 3.45. The molecule has 1 aliphatic carbocycles. The van der Waals surface area contributed by atoms with E-state index in [1.54, 1.807) is 36.4 Å². The molecule has 10 heteroatoms. The minimum Gasteiger partial charge on any atom is -0.497 e. The van der Waals surface area contributed by atoms with Crippen molar-refractivity contribution in [2.75, 3.05) is 25.1 Å². The Labute approximate surface area is 261 Å². The van der Waals surface area contributed by atoms with Crippen molar-refractivity contribution in [3.8, 4) is 11.5 Å². The van der Waals surface area contributed by atoms with Crippen LogP contribution in [0.5, 0.6) is 11.5 Å². The second kappa shape index (κ2) is 15.1. The van der Waals surface area contributed by atoms with Crippen molar-refractivity contribution in [3.63, 3.8) is 0 Å². The number of benzene rings is 3. The van der Waals surface area contributed by atoms with Gasteiger partial charge in [0.1, 0.15) is 24.1 Å². The number of aryl methyl sites for hydroxylation is 1. The Morgan fingerprint density at radius 2 is 1.57 bits per heavy atom. The number of sulfonamides is 1. The van der Waals surface area contributed by atoms with Gasteiger partial charge in [-0.1, -0.05) is 62.6 Å². The van der Waals surface area contributed by atoms with E-state index in [-0.39, 0.29) is 29.1 Å². The number of hydrogen-bond donors (Lipinski definition) is 1. The normalized spacial score (nSPS) is 14.4.